The van der Waals surface area contributed by atoms with Crippen molar-refractivity contribution in [3.05, 3.63) is 17.9 Å². The van der Waals surface area contributed by atoms with E-state index in [0.29, 0.717) is 17.3 Å². The SMILES string of the molecule is [CH2]C[C@@H](F)N1Cc2c(csc2N)O1. The highest BCUT2D eigenvalue weighted by atomic mass is 32.1. The van der Waals surface area contributed by atoms with Crippen LogP contribution >= 0.6 is 11.3 Å². The largest absolute Gasteiger partial charge is 0.401 e. The van der Waals surface area contributed by atoms with Crippen molar-refractivity contribution < 1.29 is 9.23 Å². The minimum atomic E-state index is -1.16. The zero-order valence-electron chi connectivity index (χ0n) is 7.00. The third-order valence-corrected chi connectivity index (χ3v) is 2.80. The minimum Gasteiger partial charge on any atom is -0.401 e. The predicted molar refractivity (Wildman–Crippen MR) is 49.8 cm³/mol. The lowest BCUT2D eigenvalue weighted by Crippen LogP contribution is -2.30. The average molecular weight is 201 g/mol. The summed E-state index contributed by atoms with van der Waals surface area (Å²) in [4.78, 5) is 5.23. The molecule has 0 aromatic carbocycles. The van der Waals surface area contributed by atoms with Crippen LogP contribution in [0.25, 0.3) is 0 Å². The first-order valence-electron chi connectivity index (χ1n) is 3.96. The van der Waals surface area contributed by atoms with Gasteiger partial charge in [-0.1, -0.05) is 0 Å². The first-order valence-corrected chi connectivity index (χ1v) is 4.84. The molecule has 0 amide bonds. The van der Waals surface area contributed by atoms with E-state index in [2.05, 4.69) is 6.92 Å². The van der Waals surface area contributed by atoms with Crippen LogP contribution in [0, 0.1) is 6.92 Å². The Morgan fingerprint density at radius 2 is 2.62 bits per heavy atom. The number of anilines is 1. The maximum absolute atomic E-state index is 13.1. The first-order chi connectivity index (χ1) is 6.22. The Labute approximate surface area is 79.9 Å². The number of fused-ring (bicyclic) bond motifs is 1. The quantitative estimate of drug-likeness (QED) is 0.743. The number of nitrogens with zero attached hydrogens (tertiary/aromatic N) is 1. The third-order valence-electron chi connectivity index (χ3n) is 1.97. The van der Waals surface area contributed by atoms with E-state index in [4.69, 9.17) is 10.6 Å². The fourth-order valence-electron chi connectivity index (χ4n) is 1.23. The lowest BCUT2D eigenvalue weighted by atomic mass is 10.3. The molecule has 0 saturated heterocycles. The van der Waals surface area contributed by atoms with Crippen molar-refractivity contribution in [2.24, 2.45) is 0 Å². The molecule has 0 unspecified atom stereocenters. The predicted octanol–water partition coefficient (Wildman–Crippen LogP) is 1.96. The van der Waals surface area contributed by atoms with Gasteiger partial charge in [0.05, 0.1) is 11.5 Å². The zero-order valence-corrected chi connectivity index (χ0v) is 7.81. The molecule has 13 heavy (non-hydrogen) atoms. The first kappa shape index (κ1) is 8.77. The Hall–Kier alpha value is -0.810. The normalized spacial score (nSPS) is 18.3. The second-order valence-corrected chi connectivity index (χ2v) is 3.74. The van der Waals surface area contributed by atoms with Gasteiger partial charge in [-0.2, -0.15) is 0 Å². The Morgan fingerprint density at radius 1 is 1.85 bits per heavy atom. The number of hydrogen-bond acceptors (Lipinski definition) is 4. The number of rotatable bonds is 2. The van der Waals surface area contributed by atoms with Crippen LogP contribution in [0.15, 0.2) is 5.38 Å². The van der Waals surface area contributed by atoms with Crippen LogP contribution in [0.3, 0.4) is 0 Å². The molecule has 0 saturated carbocycles. The van der Waals surface area contributed by atoms with Gasteiger partial charge in [0.15, 0.2) is 12.0 Å². The second-order valence-electron chi connectivity index (χ2n) is 2.83. The smallest absolute Gasteiger partial charge is 0.185 e. The number of nitrogen functional groups attached to an aromatic ring is 1. The molecule has 1 aliphatic rings. The fraction of sp³-hybridized carbons (Fsp3) is 0.375. The van der Waals surface area contributed by atoms with Crippen LogP contribution in [-0.2, 0) is 6.54 Å². The van der Waals surface area contributed by atoms with Gasteiger partial charge < -0.3 is 10.6 Å². The van der Waals surface area contributed by atoms with Crippen molar-refractivity contribution in [2.45, 2.75) is 19.3 Å². The zero-order chi connectivity index (χ0) is 9.42. The summed E-state index contributed by atoms with van der Waals surface area (Å²) in [5, 5.41) is 3.76. The Bertz CT molecular complexity index is 315. The van der Waals surface area contributed by atoms with Gasteiger partial charge in [-0.25, -0.2) is 4.39 Å². The molecular formula is C8H10FN2OS. The van der Waals surface area contributed by atoms with E-state index >= 15 is 0 Å². The molecule has 5 heteroatoms. The topological polar surface area (TPSA) is 38.5 Å². The monoisotopic (exact) mass is 201 g/mol. The highest BCUT2D eigenvalue weighted by Crippen LogP contribution is 2.38. The van der Waals surface area contributed by atoms with Crippen molar-refractivity contribution in [3.63, 3.8) is 0 Å². The molecule has 1 radical (unpaired) electrons. The maximum Gasteiger partial charge on any atom is 0.185 e. The molecule has 3 nitrogen and oxygen atoms in total. The van der Waals surface area contributed by atoms with Gasteiger partial charge >= 0.3 is 0 Å². The molecule has 0 fully saturated rings. The van der Waals surface area contributed by atoms with Crippen molar-refractivity contribution >= 4 is 16.3 Å². The number of thiophene rings is 1. The molecular weight excluding hydrogens is 191 g/mol. The molecule has 1 atom stereocenters. The Morgan fingerprint density at radius 3 is 3.23 bits per heavy atom. The van der Waals surface area contributed by atoms with Crippen LogP contribution in [0.2, 0.25) is 0 Å². The fourth-order valence-corrected chi connectivity index (χ4v) is 1.95. The molecule has 71 valence electrons. The molecule has 1 aromatic rings. The summed E-state index contributed by atoms with van der Waals surface area (Å²) in [6, 6.07) is 0. The van der Waals surface area contributed by atoms with Gasteiger partial charge in [-0.3, -0.25) is 0 Å². The number of halogens is 1. The van der Waals surface area contributed by atoms with Crippen molar-refractivity contribution in [2.75, 3.05) is 5.73 Å². The summed E-state index contributed by atoms with van der Waals surface area (Å²) in [6.07, 6.45) is -0.982. The average Bonchev–Trinajstić information content (AvgIpc) is 2.67. The second kappa shape index (κ2) is 3.16. The standard InChI is InChI=1S/C8H10FN2OS/c1-2-7(9)11-3-5-6(12-11)4-13-8(5)10/h4,7H,1-3,10H2/t7-/m0/s1. The Kier molecular flexibility index (Phi) is 2.13. The Balaban J connectivity index is 2.14. The van der Waals surface area contributed by atoms with Crippen LogP contribution in [-0.4, -0.2) is 11.4 Å². The van der Waals surface area contributed by atoms with Crippen LogP contribution in [0.1, 0.15) is 12.0 Å². The molecule has 0 spiro atoms. The number of nitrogens with two attached hydrogens (primary N) is 1. The minimum absolute atomic E-state index is 0.174. The molecule has 1 aromatic heterocycles. The van der Waals surface area contributed by atoms with Crippen molar-refractivity contribution in [3.8, 4) is 5.75 Å². The molecule has 2 rings (SSSR count). The van der Waals surface area contributed by atoms with Gasteiger partial charge in [0, 0.05) is 10.9 Å². The lowest BCUT2D eigenvalue weighted by Gasteiger charge is -2.17. The van der Waals surface area contributed by atoms with Gasteiger partial charge in [0.25, 0.3) is 0 Å². The molecule has 2 heterocycles. The number of alkyl halides is 1. The van der Waals surface area contributed by atoms with E-state index in [-0.39, 0.29) is 6.42 Å². The van der Waals surface area contributed by atoms with E-state index in [0.717, 1.165) is 5.56 Å². The van der Waals surface area contributed by atoms with Gasteiger partial charge in [-0.05, 0) is 13.3 Å². The number of hydrogen-bond donors (Lipinski definition) is 1. The highest BCUT2D eigenvalue weighted by Gasteiger charge is 2.29. The summed E-state index contributed by atoms with van der Waals surface area (Å²) >= 11 is 1.42. The molecule has 2 N–H and O–H groups in total. The third kappa shape index (κ3) is 1.38. The van der Waals surface area contributed by atoms with Crippen LogP contribution < -0.4 is 10.6 Å². The van der Waals surface area contributed by atoms with E-state index < -0.39 is 6.30 Å². The number of hydroxylamine groups is 2. The summed E-state index contributed by atoms with van der Waals surface area (Å²) in [7, 11) is 0. The molecule has 1 aliphatic heterocycles. The van der Waals surface area contributed by atoms with Crippen molar-refractivity contribution in [1.29, 1.82) is 0 Å². The summed E-state index contributed by atoms with van der Waals surface area (Å²) < 4.78 is 13.1. The van der Waals surface area contributed by atoms with Crippen LogP contribution in [0.5, 0.6) is 5.75 Å². The van der Waals surface area contributed by atoms with E-state index in [9.17, 15) is 4.39 Å². The van der Waals surface area contributed by atoms with E-state index in [1.54, 1.807) is 5.38 Å². The lowest BCUT2D eigenvalue weighted by molar-refractivity contribution is -0.127. The maximum atomic E-state index is 13.1. The molecule has 0 aliphatic carbocycles. The summed E-state index contributed by atoms with van der Waals surface area (Å²) in [6.45, 7) is 3.89. The van der Waals surface area contributed by atoms with Crippen molar-refractivity contribution in [1.82, 2.24) is 5.06 Å². The van der Waals surface area contributed by atoms with Gasteiger partial charge in [0.2, 0.25) is 0 Å². The van der Waals surface area contributed by atoms with E-state index in [1.807, 2.05) is 0 Å². The highest BCUT2D eigenvalue weighted by molar-refractivity contribution is 7.14. The summed E-state index contributed by atoms with van der Waals surface area (Å²) in [5.41, 5.74) is 6.56. The van der Waals surface area contributed by atoms with E-state index in [1.165, 1.54) is 16.4 Å². The van der Waals surface area contributed by atoms with Gasteiger partial charge in [0.1, 0.15) is 0 Å². The van der Waals surface area contributed by atoms with Crippen LogP contribution in [0.4, 0.5) is 9.39 Å². The summed E-state index contributed by atoms with van der Waals surface area (Å²) in [5.74, 6) is 0.679. The van der Waals surface area contributed by atoms with Gasteiger partial charge in [-0.15, -0.1) is 16.4 Å². The molecule has 0 bridgehead atoms.